The van der Waals surface area contributed by atoms with Crippen LogP contribution in [0.5, 0.6) is 0 Å². The van der Waals surface area contributed by atoms with Crippen LogP contribution in [0.4, 0.5) is 0 Å². The molecule has 0 aromatic heterocycles. The SMILES string of the molecule is COC(=O)CCC[Se](=O)c1ccccc1. The van der Waals surface area contributed by atoms with Gasteiger partial charge >= 0.3 is 93.2 Å². The second kappa shape index (κ2) is 6.49. The molecule has 0 aliphatic heterocycles. The second-order valence-corrected chi connectivity index (χ2v) is 6.34. The van der Waals surface area contributed by atoms with Crippen molar-refractivity contribution in [3.05, 3.63) is 30.3 Å². The molecule has 1 unspecified atom stereocenters. The zero-order valence-electron chi connectivity index (χ0n) is 8.64. The molecule has 0 saturated carbocycles. The molecule has 0 heterocycles. The number of hydrogen-bond acceptors (Lipinski definition) is 3. The molecule has 0 fully saturated rings. The first-order valence-corrected chi connectivity index (χ1v) is 7.51. The molecule has 1 aromatic rings. The van der Waals surface area contributed by atoms with Crippen molar-refractivity contribution in [3.8, 4) is 0 Å². The summed E-state index contributed by atoms with van der Waals surface area (Å²) in [4.78, 5) is 10.8. The van der Waals surface area contributed by atoms with Gasteiger partial charge in [0.1, 0.15) is 0 Å². The molecule has 0 aliphatic carbocycles. The van der Waals surface area contributed by atoms with Crippen LogP contribution < -0.4 is 4.46 Å². The molecule has 0 aliphatic rings. The second-order valence-electron chi connectivity index (χ2n) is 3.04. The first kappa shape index (κ1) is 12.1. The van der Waals surface area contributed by atoms with E-state index in [1.807, 2.05) is 30.3 Å². The van der Waals surface area contributed by atoms with Crippen molar-refractivity contribution in [2.45, 2.75) is 18.2 Å². The average molecular weight is 273 g/mol. The molecular weight excluding hydrogens is 259 g/mol. The van der Waals surface area contributed by atoms with Crippen molar-refractivity contribution < 1.29 is 13.4 Å². The maximum atomic E-state index is 11.8. The summed E-state index contributed by atoms with van der Waals surface area (Å²) in [5.41, 5.74) is 0. The molecule has 82 valence electrons. The molecule has 0 spiro atoms. The quantitative estimate of drug-likeness (QED) is 0.599. The Kier molecular flexibility index (Phi) is 5.22. The van der Waals surface area contributed by atoms with Gasteiger partial charge in [0.2, 0.25) is 0 Å². The van der Waals surface area contributed by atoms with Gasteiger partial charge in [0.15, 0.2) is 0 Å². The van der Waals surface area contributed by atoms with Crippen molar-refractivity contribution in [3.63, 3.8) is 0 Å². The predicted molar refractivity (Wildman–Crippen MR) is 58.6 cm³/mol. The molecule has 0 amide bonds. The van der Waals surface area contributed by atoms with E-state index in [0.29, 0.717) is 18.2 Å². The molecule has 15 heavy (non-hydrogen) atoms. The topological polar surface area (TPSA) is 43.4 Å². The minimum atomic E-state index is -1.95. The molecule has 0 bridgehead atoms. The Labute approximate surface area is 93.5 Å². The molecule has 1 rings (SSSR count). The Balaban J connectivity index is 2.34. The maximum absolute atomic E-state index is 11.8. The van der Waals surface area contributed by atoms with E-state index in [0.717, 1.165) is 4.46 Å². The van der Waals surface area contributed by atoms with Crippen LogP contribution in [0.3, 0.4) is 0 Å². The molecular formula is C11H14O3Se. The Morgan fingerprint density at radius 1 is 1.33 bits per heavy atom. The van der Waals surface area contributed by atoms with E-state index in [4.69, 9.17) is 0 Å². The number of esters is 1. The summed E-state index contributed by atoms with van der Waals surface area (Å²) < 4.78 is 17.2. The van der Waals surface area contributed by atoms with Gasteiger partial charge in [0.05, 0.1) is 0 Å². The Bertz CT molecular complexity index is 335. The summed E-state index contributed by atoms with van der Waals surface area (Å²) in [6.45, 7) is 0. The number of rotatable bonds is 5. The Morgan fingerprint density at radius 3 is 2.60 bits per heavy atom. The van der Waals surface area contributed by atoms with Crippen LogP contribution >= 0.6 is 0 Å². The zero-order valence-corrected chi connectivity index (χ0v) is 10.4. The van der Waals surface area contributed by atoms with Crippen molar-refractivity contribution >= 4 is 24.3 Å². The molecule has 4 heteroatoms. The van der Waals surface area contributed by atoms with Crippen LogP contribution in [0, 0.1) is 0 Å². The van der Waals surface area contributed by atoms with Crippen LogP contribution in [0.1, 0.15) is 12.8 Å². The van der Waals surface area contributed by atoms with E-state index in [1.165, 1.54) is 7.11 Å². The van der Waals surface area contributed by atoms with E-state index in [-0.39, 0.29) is 5.97 Å². The first-order chi connectivity index (χ1) is 7.24. The number of carbonyl (C=O) groups is 1. The van der Waals surface area contributed by atoms with E-state index in [9.17, 15) is 8.63 Å². The Morgan fingerprint density at radius 2 is 2.00 bits per heavy atom. The fourth-order valence-electron chi connectivity index (χ4n) is 1.14. The summed E-state index contributed by atoms with van der Waals surface area (Å²) in [7, 11) is 1.37. The van der Waals surface area contributed by atoms with Crippen LogP contribution in [0.15, 0.2) is 30.3 Å². The van der Waals surface area contributed by atoms with Crippen molar-refractivity contribution in [1.82, 2.24) is 0 Å². The predicted octanol–water partition coefficient (Wildman–Crippen LogP) is 1.27. The van der Waals surface area contributed by atoms with Crippen molar-refractivity contribution in [2.75, 3.05) is 7.11 Å². The normalized spacial score (nSPS) is 12.1. The molecule has 3 nitrogen and oxygen atoms in total. The minimum absolute atomic E-state index is 0.234. The van der Waals surface area contributed by atoms with E-state index >= 15 is 0 Å². The number of carbonyl (C=O) groups excluding carboxylic acids is 1. The van der Waals surface area contributed by atoms with Gasteiger partial charge in [0.25, 0.3) is 0 Å². The zero-order chi connectivity index (χ0) is 11.1. The van der Waals surface area contributed by atoms with Gasteiger partial charge < -0.3 is 0 Å². The van der Waals surface area contributed by atoms with E-state index < -0.39 is 13.8 Å². The molecule has 0 saturated heterocycles. The molecule has 0 radical (unpaired) electrons. The summed E-state index contributed by atoms with van der Waals surface area (Å²) in [6.07, 6.45) is 0.987. The Hall–Kier alpha value is -0.991. The summed E-state index contributed by atoms with van der Waals surface area (Å²) >= 11 is -1.95. The summed E-state index contributed by atoms with van der Waals surface area (Å²) in [6, 6.07) is 9.40. The van der Waals surface area contributed by atoms with Gasteiger partial charge in [0, 0.05) is 0 Å². The number of hydrogen-bond donors (Lipinski definition) is 0. The van der Waals surface area contributed by atoms with Gasteiger partial charge in [-0.05, 0) is 0 Å². The third kappa shape index (κ3) is 4.36. The van der Waals surface area contributed by atoms with Crippen LogP contribution in [0.25, 0.3) is 0 Å². The monoisotopic (exact) mass is 274 g/mol. The fraction of sp³-hybridized carbons (Fsp3) is 0.364. The summed E-state index contributed by atoms with van der Waals surface area (Å²) in [5.74, 6) is -0.234. The van der Waals surface area contributed by atoms with Crippen LogP contribution in [-0.4, -0.2) is 26.9 Å². The average Bonchev–Trinajstić information content (AvgIpc) is 2.29. The van der Waals surface area contributed by atoms with Crippen molar-refractivity contribution in [1.29, 1.82) is 0 Å². The van der Waals surface area contributed by atoms with Gasteiger partial charge in [-0.3, -0.25) is 0 Å². The van der Waals surface area contributed by atoms with E-state index in [1.54, 1.807) is 0 Å². The summed E-state index contributed by atoms with van der Waals surface area (Å²) in [5, 5.41) is 0.596. The van der Waals surface area contributed by atoms with Gasteiger partial charge in [-0.15, -0.1) is 0 Å². The van der Waals surface area contributed by atoms with Gasteiger partial charge in [-0.25, -0.2) is 0 Å². The van der Waals surface area contributed by atoms with E-state index in [2.05, 4.69) is 4.74 Å². The van der Waals surface area contributed by atoms with Crippen LogP contribution in [-0.2, 0) is 13.4 Å². The third-order valence-corrected chi connectivity index (χ3v) is 5.00. The molecule has 0 N–H and O–H groups in total. The number of methoxy groups -OCH3 is 1. The first-order valence-electron chi connectivity index (χ1n) is 4.74. The number of benzene rings is 1. The molecule has 1 atom stereocenters. The van der Waals surface area contributed by atoms with Crippen molar-refractivity contribution in [2.24, 2.45) is 0 Å². The molecule has 1 aromatic carbocycles. The third-order valence-electron chi connectivity index (χ3n) is 1.94. The van der Waals surface area contributed by atoms with Gasteiger partial charge in [-0.2, -0.15) is 0 Å². The standard InChI is InChI=1S/C11H14O3Se/c1-14-11(12)8-5-9-15(13)10-6-3-2-4-7-10/h2-4,6-7H,5,8-9H2,1H3. The van der Waals surface area contributed by atoms with Gasteiger partial charge in [-0.1, -0.05) is 0 Å². The fourth-order valence-corrected chi connectivity index (χ4v) is 3.45. The number of ether oxygens (including phenoxy) is 1. The van der Waals surface area contributed by atoms with Crippen LogP contribution in [0.2, 0.25) is 5.32 Å².